The number of imide groups is 1. The van der Waals surface area contributed by atoms with Gasteiger partial charge in [-0.2, -0.15) is 0 Å². The predicted octanol–water partition coefficient (Wildman–Crippen LogP) is 1.82. The molecule has 2 rings (SSSR count). The maximum absolute atomic E-state index is 11.8. The number of phenolic OH excluding ortho intramolecular Hbond substituents is 1. The Hall–Kier alpha value is -3.00. The molecule has 0 atom stereocenters. The minimum absolute atomic E-state index is 0.0995. The highest BCUT2D eigenvalue weighted by atomic mass is 35.5. The molecule has 0 aliphatic carbocycles. The highest BCUT2D eigenvalue weighted by molar-refractivity contribution is 6.31. The molecule has 0 bridgehead atoms. The molecule has 3 N–H and O–H groups in total. The normalized spacial score (nSPS) is 10.0. The van der Waals surface area contributed by atoms with Crippen molar-refractivity contribution in [1.82, 2.24) is 10.6 Å². The smallest absolute Gasteiger partial charge is 0.342 e. The molecular weight excluding hydrogens is 340 g/mol. The summed E-state index contributed by atoms with van der Waals surface area (Å²) in [6, 6.07) is 6.36. The van der Waals surface area contributed by atoms with Gasteiger partial charge in [0.2, 0.25) is 0 Å². The monoisotopic (exact) mass is 352 g/mol. The fourth-order valence-electron chi connectivity index (χ4n) is 1.67. The quantitative estimate of drug-likeness (QED) is 0.706. The zero-order valence-electron chi connectivity index (χ0n) is 12.2. The summed E-state index contributed by atoms with van der Waals surface area (Å²) in [5.74, 6) is -1.59. The topological polar surface area (TPSA) is 118 Å². The molecule has 1 aromatic heterocycles. The first-order valence-corrected chi connectivity index (χ1v) is 7.09. The molecule has 0 saturated carbocycles. The van der Waals surface area contributed by atoms with Crippen molar-refractivity contribution < 1.29 is 28.6 Å². The number of amides is 3. The van der Waals surface area contributed by atoms with E-state index in [1.807, 2.05) is 5.32 Å². The number of furan rings is 1. The summed E-state index contributed by atoms with van der Waals surface area (Å²) in [7, 11) is 0. The number of carbonyl (C=O) groups is 3. The van der Waals surface area contributed by atoms with E-state index in [1.165, 1.54) is 24.5 Å². The lowest BCUT2D eigenvalue weighted by atomic mass is 10.2. The molecule has 8 nitrogen and oxygen atoms in total. The van der Waals surface area contributed by atoms with Gasteiger partial charge in [-0.3, -0.25) is 10.1 Å². The summed E-state index contributed by atoms with van der Waals surface area (Å²) in [4.78, 5) is 34.8. The standard InChI is InChI=1S/C15H13ClN2O6/c16-9-3-4-12(19)11(6-9)14(21)24-8-13(20)18-15(22)17-7-10-2-1-5-23-10/h1-6,19H,7-8H2,(H2,17,18,20,22). The number of benzene rings is 1. The first-order chi connectivity index (χ1) is 11.5. The van der Waals surface area contributed by atoms with Crippen LogP contribution in [0.5, 0.6) is 5.75 Å². The van der Waals surface area contributed by atoms with Crippen LogP contribution in [0.15, 0.2) is 41.0 Å². The average molecular weight is 353 g/mol. The van der Waals surface area contributed by atoms with E-state index in [-0.39, 0.29) is 22.9 Å². The number of aromatic hydroxyl groups is 1. The molecule has 0 spiro atoms. The van der Waals surface area contributed by atoms with Crippen LogP contribution < -0.4 is 10.6 Å². The largest absolute Gasteiger partial charge is 0.507 e. The lowest BCUT2D eigenvalue weighted by Crippen LogP contribution is -2.41. The first-order valence-electron chi connectivity index (χ1n) is 6.71. The van der Waals surface area contributed by atoms with Gasteiger partial charge in [0.1, 0.15) is 17.1 Å². The summed E-state index contributed by atoms with van der Waals surface area (Å²) in [6.07, 6.45) is 1.45. The number of phenols is 1. The molecule has 1 heterocycles. The molecule has 0 aliphatic rings. The lowest BCUT2D eigenvalue weighted by molar-refractivity contribution is -0.123. The highest BCUT2D eigenvalue weighted by Crippen LogP contribution is 2.22. The maximum Gasteiger partial charge on any atom is 0.342 e. The van der Waals surface area contributed by atoms with Crippen molar-refractivity contribution in [3.05, 3.63) is 52.9 Å². The molecule has 126 valence electrons. The molecule has 0 saturated heterocycles. The van der Waals surface area contributed by atoms with Crippen molar-refractivity contribution in [2.24, 2.45) is 0 Å². The maximum atomic E-state index is 11.8. The Balaban J connectivity index is 1.77. The number of hydrogen-bond acceptors (Lipinski definition) is 6. The fraction of sp³-hybridized carbons (Fsp3) is 0.133. The number of carbonyl (C=O) groups excluding carboxylic acids is 3. The van der Waals surface area contributed by atoms with Gasteiger partial charge < -0.3 is 19.6 Å². The molecule has 9 heteroatoms. The number of rotatable bonds is 5. The summed E-state index contributed by atoms with van der Waals surface area (Å²) >= 11 is 5.71. The second kappa shape index (κ2) is 8.02. The third-order valence-electron chi connectivity index (χ3n) is 2.77. The summed E-state index contributed by atoms with van der Waals surface area (Å²) in [5, 5.41) is 14.1. The van der Waals surface area contributed by atoms with Gasteiger partial charge in [-0.05, 0) is 30.3 Å². The van der Waals surface area contributed by atoms with Crippen molar-refractivity contribution in [2.75, 3.05) is 6.61 Å². The number of esters is 1. The zero-order chi connectivity index (χ0) is 17.5. The summed E-state index contributed by atoms with van der Waals surface area (Å²) in [6.45, 7) is -0.596. The molecule has 24 heavy (non-hydrogen) atoms. The number of nitrogens with one attached hydrogen (secondary N) is 2. The number of halogens is 1. The van der Waals surface area contributed by atoms with Crippen LogP contribution in [0.1, 0.15) is 16.1 Å². The van der Waals surface area contributed by atoms with E-state index in [4.69, 9.17) is 20.8 Å². The molecule has 0 fully saturated rings. The van der Waals surface area contributed by atoms with Gasteiger partial charge in [-0.15, -0.1) is 0 Å². The minimum Gasteiger partial charge on any atom is -0.507 e. The van der Waals surface area contributed by atoms with Crippen LogP contribution in [0.4, 0.5) is 4.79 Å². The van der Waals surface area contributed by atoms with Gasteiger partial charge in [0, 0.05) is 5.02 Å². The molecule has 0 unspecified atom stereocenters. The molecular formula is C15H13ClN2O6. The average Bonchev–Trinajstić information content (AvgIpc) is 3.06. The third-order valence-corrected chi connectivity index (χ3v) is 3.00. The van der Waals surface area contributed by atoms with Crippen LogP contribution in [0.2, 0.25) is 5.02 Å². The van der Waals surface area contributed by atoms with Crippen molar-refractivity contribution in [2.45, 2.75) is 6.54 Å². The van der Waals surface area contributed by atoms with Crippen LogP contribution in [-0.4, -0.2) is 29.6 Å². The Morgan fingerprint density at radius 1 is 1.25 bits per heavy atom. The molecule has 1 aromatic carbocycles. The Labute approximate surface area is 141 Å². The fourth-order valence-corrected chi connectivity index (χ4v) is 1.84. The minimum atomic E-state index is -0.943. The Kier molecular flexibility index (Phi) is 5.80. The second-order valence-corrected chi connectivity index (χ2v) is 4.98. The van der Waals surface area contributed by atoms with Crippen LogP contribution in [0.25, 0.3) is 0 Å². The summed E-state index contributed by atoms with van der Waals surface area (Å²) in [5.41, 5.74) is -0.183. The van der Waals surface area contributed by atoms with Crippen LogP contribution in [-0.2, 0) is 16.1 Å². The second-order valence-electron chi connectivity index (χ2n) is 4.55. The Bertz CT molecular complexity index is 744. The Morgan fingerprint density at radius 3 is 2.75 bits per heavy atom. The van der Waals surface area contributed by atoms with Crippen molar-refractivity contribution in [3.8, 4) is 5.75 Å². The van der Waals surface area contributed by atoms with E-state index in [1.54, 1.807) is 12.1 Å². The van der Waals surface area contributed by atoms with Crippen LogP contribution in [0, 0.1) is 0 Å². The number of ether oxygens (including phenoxy) is 1. The van der Waals surface area contributed by atoms with Gasteiger partial charge in [0.05, 0.1) is 12.8 Å². The zero-order valence-corrected chi connectivity index (χ0v) is 13.0. The van der Waals surface area contributed by atoms with Gasteiger partial charge in [-0.25, -0.2) is 9.59 Å². The highest BCUT2D eigenvalue weighted by Gasteiger charge is 2.16. The first kappa shape index (κ1) is 17.4. The van der Waals surface area contributed by atoms with E-state index in [9.17, 15) is 19.5 Å². The van der Waals surface area contributed by atoms with E-state index < -0.39 is 24.5 Å². The van der Waals surface area contributed by atoms with Crippen molar-refractivity contribution in [1.29, 1.82) is 0 Å². The molecule has 0 radical (unpaired) electrons. The van der Waals surface area contributed by atoms with E-state index >= 15 is 0 Å². The van der Waals surface area contributed by atoms with Crippen LogP contribution >= 0.6 is 11.6 Å². The predicted molar refractivity (Wildman–Crippen MR) is 82.5 cm³/mol. The van der Waals surface area contributed by atoms with E-state index in [0.717, 1.165) is 0 Å². The Morgan fingerprint density at radius 2 is 2.04 bits per heavy atom. The van der Waals surface area contributed by atoms with E-state index in [2.05, 4.69) is 5.32 Å². The third kappa shape index (κ3) is 5.03. The van der Waals surface area contributed by atoms with Gasteiger partial charge in [-0.1, -0.05) is 11.6 Å². The number of urea groups is 1. The van der Waals surface area contributed by atoms with Crippen molar-refractivity contribution in [3.63, 3.8) is 0 Å². The van der Waals surface area contributed by atoms with Crippen LogP contribution in [0.3, 0.4) is 0 Å². The summed E-state index contributed by atoms with van der Waals surface area (Å²) < 4.78 is 9.72. The SMILES string of the molecule is O=C(COC(=O)c1cc(Cl)ccc1O)NC(=O)NCc1ccco1. The van der Waals surface area contributed by atoms with Gasteiger partial charge >= 0.3 is 12.0 Å². The lowest BCUT2D eigenvalue weighted by Gasteiger charge is -2.07. The number of hydrogen-bond donors (Lipinski definition) is 3. The van der Waals surface area contributed by atoms with Gasteiger partial charge in [0.15, 0.2) is 6.61 Å². The molecule has 2 aromatic rings. The van der Waals surface area contributed by atoms with Gasteiger partial charge in [0.25, 0.3) is 5.91 Å². The van der Waals surface area contributed by atoms with Crippen molar-refractivity contribution >= 4 is 29.5 Å². The molecule has 0 aliphatic heterocycles. The molecule has 3 amide bonds. The van der Waals surface area contributed by atoms with E-state index in [0.29, 0.717) is 5.76 Å².